The topological polar surface area (TPSA) is 28.1 Å². The van der Waals surface area contributed by atoms with Gasteiger partial charge in [0.05, 0.1) is 11.8 Å². The molecule has 2 aromatic carbocycles. The standard InChI is InChI=1S/C23H27N3O/c1-16-8-9-18(14-17(16)2)20-15-21-19-6-4-5-7-22(19)27-23(26(21)24-20)10-12-25(3)13-11-23/h4-9,14,21H,10-13,15H2,1-3H3/t21-/m1/s1. The fourth-order valence-electron chi connectivity index (χ4n) is 4.62. The van der Waals surface area contributed by atoms with Gasteiger partial charge in [0.15, 0.2) is 0 Å². The first-order chi connectivity index (χ1) is 13.1. The van der Waals surface area contributed by atoms with Crippen LogP contribution in [0.4, 0.5) is 0 Å². The molecule has 3 aliphatic rings. The molecule has 3 aliphatic heterocycles. The molecule has 0 aromatic heterocycles. The predicted molar refractivity (Wildman–Crippen MR) is 108 cm³/mol. The molecule has 4 heteroatoms. The second-order valence-corrected chi connectivity index (χ2v) is 8.30. The highest BCUT2D eigenvalue weighted by atomic mass is 16.5. The van der Waals surface area contributed by atoms with E-state index in [1.165, 1.54) is 28.0 Å². The third-order valence-corrected chi connectivity index (χ3v) is 6.51. The molecule has 0 amide bonds. The molecule has 1 saturated heterocycles. The zero-order valence-electron chi connectivity index (χ0n) is 16.4. The maximum atomic E-state index is 6.64. The fraction of sp³-hybridized carbons (Fsp3) is 0.435. The molecule has 5 rings (SSSR count). The van der Waals surface area contributed by atoms with Crippen LogP contribution < -0.4 is 4.74 Å². The van der Waals surface area contributed by atoms with Crippen molar-refractivity contribution in [2.75, 3.05) is 20.1 Å². The first-order valence-electron chi connectivity index (χ1n) is 9.97. The van der Waals surface area contributed by atoms with E-state index >= 15 is 0 Å². The molecule has 3 heterocycles. The molecule has 0 bridgehead atoms. The molecule has 1 spiro atoms. The van der Waals surface area contributed by atoms with Crippen LogP contribution in [-0.4, -0.2) is 41.5 Å². The molecular weight excluding hydrogens is 334 g/mol. The summed E-state index contributed by atoms with van der Waals surface area (Å²) in [5.41, 5.74) is 6.04. The largest absolute Gasteiger partial charge is 0.466 e. The van der Waals surface area contributed by atoms with Gasteiger partial charge in [0.25, 0.3) is 0 Å². The van der Waals surface area contributed by atoms with Crippen molar-refractivity contribution < 1.29 is 4.74 Å². The van der Waals surface area contributed by atoms with Gasteiger partial charge in [-0.2, -0.15) is 5.10 Å². The molecule has 0 N–H and O–H groups in total. The number of para-hydroxylation sites is 1. The molecule has 2 aromatic rings. The molecule has 4 nitrogen and oxygen atoms in total. The quantitative estimate of drug-likeness (QED) is 0.759. The van der Waals surface area contributed by atoms with Crippen LogP contribution in [0.5, 0.6) is 5.75 Å². The number of hydrazone groups is 1. The Hall–Kier alpha value is -2.33. The number of rotatable bonds is 1. The normalized spacial score (nSPS) is 23.6. The van der Waals surface area contributed by atoms with E-state index in [9.17, 15) is 0 Å². The van der Waals surface area contributed by atoms with E-state index in [0.717, 1.165) is 38.1 Å². The van der Waals surface area contributed by atoms with Crippen LogP contribution in [0.1, 0.15) is 47.6 Å². The Morgan fingerprint density at radius 3 is 2.59 bits per heavy atom. The van der Waals surface area contributed by atoms with Crippen molar-refractivity contribution in [2.45, 2.75) is 44.9 Å². The van der Waals surface area contributed by atoms with Crippen LogP contribution in [0.2, 0.25) is 0 Å². The number of likely N-dealkylation sites (tertiary alicyclic amines) is 1. The number of nitrogens with zero attached hydrogens (tertiary/aromatic N) is 3. The van der Waals surface area contributed by atoms with Gasteiger partial charge in [0, 0.05) is 37.9 Å². The lowest BCUT2D eigenvalue weighted by Crippen LogP contribution is -2.58. The van der Waals surface area contributed by atoms with Crippen molar-refractivity contribution in [1.82, 2.24) is 9.91 Å². The monoisotopic (exact) mass is 361 g/mol. The highest BCUT2D eigenvalue weighted by Gasteiger charge is 2.51. The van der Waals surface area contributed by atoms with Gasteiger partial charge in [-0.3, -0.25) is 0 Å². The average Bonchev–Trinajstić information content (AvgIpc) is 3.13. The van der Waals surface area contributed by atoms with Crippen LogP contribution in [0.15, 0.2) is 47.6 Å². The minimum atomic E-state index is -0.312. The van der Waals surface area contributed by atoms with Gasteiger partial charge in [0.2, 0.25) is 5.72 Å². The minimum Gasteiger partial charge on any atom is -0.466 e. The number of aryl methyl sites for hydroxylation is 2. The van der Waals surface area contributed by atoms with Crippen molar-refractivity contribution in [3.8, 4) is 5.75 Å². The SMILES string of the molecule is Cc1ccc(C2=NN3[C@H](C2)c2ccccc2OC32CCN(C)CC2)cc1C. The number of hydrogen-bond acceptors (Lipinski definition) is 4. The summed E-state index contributed by atoms with van der Waals surface area (Å²) in [5, 5.41) is 7.46. The Kier molecular flexibility index (Phi) is 3.80. The Balaban J connectivity index is 1.58. The van der Waals surface area contributed by atoms with Crippen LogP contribution in [-0.2, 0) is 0 Å². The van der Waals surface area contributed by atoms with E-state index in [-0.39, 0.29) is 11.8 Å². The Morgan fingerprint density at radius 1 is 1.04 bits per heavy atom. The molecule has 0 aliphatic carbocycles. The Bertz CT molecular complexity index is 912. The van der Waals surface area contributed by atoms with Crippen LogP contribution >= 0.6 is 0 Å². The highest BCUT2D eigenvalue weighted by Crippen LogP contribution is 2.49. The maximum absolute atomic E-state index is 6.64. The lowest BCUT2D eigenvalue weighted by molar-refractivity contribution is -0.147. The van der Waals surface area contributed by atoms with E-state index in [1.807, 2.05) is 0 Å². The first-order valence-corrected chi connectivity index (χ1v) is 9.97. The fourth-order valence-corrected chi connectivity index (χ4v) is 4.62. The van der Waals surface area contributed by atoms with E-state index in [2.05, 4.69) is 73.3 Å². The summed E-state index contributed by atoms with van der Waals surface area (Å²) >= 11 is 0. The number of benzene rings is 2. The Labute approximate surface area is 161 Å². The summed E-state index contributed by atoms with van der Waals surface area (Å²) in [7, 11) is 2.19. The van der Waals surface area contributed by atoms with E-state index < -0.39 is 0 Å². The summed E-state index contributed by atoms with van der Waals surface area (Å²) in [6.45, 7) is 6.43. The van der Waals surface area contributed by atoms with Crippen molar-refractivity contribution in [1.29, 1.82) is 0 Å². The number of ether oxygens (including phenoxy) is 1. The van der Waals surface area contributed by atoms with E-state index in [4.69, 9.17) is 9.84 Å². The van der Waals surface area contributed by atoms with Gasteiger partial charge in [-0.1, -0.05) is 30.3 Å². The zero-order valence-corrected chi connectivity index (χ0v) is 16.4. The third-order valence-electron chi connectivity index (χ3n) is 6.51. The van der Waals surface area contributed by atoms with Gasteiger partial charge in [-0.05, 0) is 49.7 Å². The van der Waals surface area contributed by atoms with Crippen molar-refractivity contribution in [3.05, 3.63) is 64.7 Å². The Morgan fingerprint density at radius 2 is 1.81 bits per heavy atom. The summed E-state index contributed by atoms with van der Waals surface area (Å²) < 4.78 is 6.64. The molecule has 1 atom stereocenters. The van der Waals surface area contributed by atoms with Crippen LogP contribution in [0.25, 0.3) is 0 Å². The predicted octanol–water partition coefficient (Wildman–Crippen LogP) is 4.27. The summed E-state index contributed by atoms with van der Waals surface area (Å²) in [6.07, 6.45) is 2.91. The number of fused-ring (bicyclic) bond motifs is 4. The van der Waals surface area contributed by atoms with Crippen molar-refractivity contribution in [3.63, 3.8) is 0 Å². The molecule has 0 unspecified atom stereocenters. The molecule has 27 heavy (non-hydrogen) atoms. The molecular formula is C23H27N3O. The lowest BCUT2D eigenvalue weighted by atomic mass is 9.90. The maximum Gasteiger partial charge on any atom is 0.200 e. The van der Waals surface area contributed by atoms with Crippen LogP contribution in [0, 0.1) is 13.8 Å². The van der Waals surface area contributed by atoms with Gasteiger partial charge in [0.1, 0.15) is 5.75 Å². The molecule has 0 radical (unpaired) electrons. The van der Waals surface area contributed by atoms with E-state index in [1.54, 1.807) is 0 Å². The van der Waals surface area contributed by atoms with Gasteiger partial charge in [-0.15, -0.1) is 0 Å². The lowest BCUT2D eigenvalue weighted by Gasteiger charge is -2.50. The zero-order chi connectivity index (χ0) is 18.6. The van der Waals surface area contributed by atoms with Crippen LogP contribution in [0.3, 0.4) is 0 Å². The molecule has 1 fully saturated rings. The second kappa shape index (κ2) is 6.10. The van der Waals surface area contributed by atoms with Crippen molar-refractivity contribution in [2.24, 2.45) is 5.10 Å². The number of hydrogen-bond donors (Lipinski definition) is 0. The van der Waals surface area contributed by atoms with Gasteiger partial charge >= 0.3 is 0 Å². The average molecular weight is 361 g/mol. The smallest absolute Gasteiger partial charge is 0.200 e. The first kappa shape index (κ1) is 16.8. The highest BCUT2D eigenvalue weighted by molar-refractivity contribution is 6.02. The molecule has 0 saturated carbocycles. The van der Waals surface area contributed by atoms with Crippen molar-refractivity contribution >= 4 is 5.71 Å². The minimum absolute atomic E-state index is 0.273. The number of piperidine rings is 1. The summed E-state index contributed by atoms with van der Waals surface area (Å²) in [6, 6.07) is 15.5. The van der Waals surface area contributed by atoms with E-state index in [0.29, 0.717) is 0 Å². The second-order valence-electron chi connectivity index (χ2n) is 8.30. The van der Waals surface area contributed by atoms with Gasteiger partial charge < -0.3 is 9.64 Å². The molecule has 140 valence electrons. The summed E-state index contributed by atoms with van der Waals surface area (Å²) in [5.74, 6) is 1.04. The third kappa shape index (κ3) is 2.66. The summed E-state index contributed by atoms with van der Waals surface area (Å²) in [4.78, 5) is 2.38. The van der Waals surface area contributed by atoms with Gasteiger partial charge in [-0.25, -0.2) is 5.01 Å².